The smallest absolute Gasteiger partial charge is 0.412 e. The Morgan fingerprint density at radius 1 is 1.05 bits per heavy atom. The van der Waals surface area contributed by atoms with Gasteiger partial charge in [-0.3, -0.25) is 19.9 Å². The summed E-state index contributed by atoms with van der Waals surface area (Å²) in [5, 5.41) is 18.0. The van der Waals surface area contributed by atoms with E-state index in [1.54, 1.807) is 12.3 Å². The number of unbranched alkanes of at least 4 members (excludes halogenated alkanes) is 1. The van der Waals surface area contributed by atoms with Gasteiger partial charge in [-0.25, -0.2) is 24.0 Å². The van der Waals surface area contributed by atoms with Crippen LogP contribution in [0.5, 0.6) is 0 Å². The highest BCUT2D eigenvalue weighted by molar-refractivity contribution is 5.89. The SMILES string of the molecule is CC(=O)N(NCc1cccc(F)c1F)[C@@H](CCCCN[C@H](C(=O)O)C(C)C)COC(=O)Nc1cc2ccccc2cn1. The molecule has 0 radical (unpaired) electrons. The van der Waals surface area contributed by atoms with Crippen LogP contribution in [0.2, 0.25) is 0 Å². The molecule has 0 spiro atoms. The van der Waals surface area contributed by atoms with Crippen LogP contribution >= 0.6 is 0 Å². The molecule has 0 saturated heterocycles. The molecule has 0 bridgehead atoms. The highest BCUT2D eigenvalue weighted by atomic mass is 19.2. The number of nitrogens with zero attached hydrogens (tertiary/aromatic N) is 2. The van der Waals surface area contributed by atoms with Gasteiger partial charge in [-0.05, 0) is 49.2 Å². The maximum absolute atomic E-state index is 14.2. The summed E-state index contributed by atoms with van der Waals surface area (Å²) in [6.07, 6.45) is 2.37. The fourth-order valence-corrected chi connectivity index (χ4v) is 4.47. The molecule has 12 heteroatoms. The molecule has 2 atom stereocenters. The van der Waals surface area contributed by atoms with E-state index >= 15 is 0 Å². The van der Waals surface area contributed by atoms with E-state index in [0.717, 1.165) is 16.8 Å². The number of halogens is 2. The Hall–Kier alpha value is -4.16. The van der Waals surface area contributed by atoms with Gasteiger partial charge >= 0.3 is 12.1 Å². The molecule has 1 aromatic heterocycles. The molecule has 2 aromatic carbocycles. The van der Waals surface area contributed by atoms with Crippen LogP contribution in [0.1, 0.15) is 45.6 Å². The average molecular weight is 586 g/mol. The van der Waals surface area contributed by atoms with Gasteiger partial charge in [-0.2, -0.15) is 0 Å². The number of hydrogen-bond donors (Lipinski definition) is 4. The second kappa shape index (κ2) is 15.7. The van der Waals surface area contributed by atoms with Gasteiger partial charge in [0.1, 0.15) is 18.5 Å². The number of carbonyl (C=O) groups excluding carboxylic acids is 2. The Morgan fingerprint density at radius 2 is 1.79 bits per heavy atom. The summed E-state index contributed by atoms with van der Waals surface area (Å²) in [6.45, 7) is 4.99. The third-order valence-electron chi connectivity index (χ3n) is 6.70. The largest absolute Gasteiger partial charge is 0.480 e. The minimum absolute atomic E-state index is 0.0265. The van der Waals surface area contributed by atoms with Crippen molar-refractivity contribution >= 4 is 34.6 Å². The first-order valence-corrected chi connectivity index (χ1v) is 13.8. The first-order chi connectivity index (χ1) is 20.1. The minimum Gasteiger partial charge on any atom is -0.480 e. The molecule has 10 nitrogen and oxygen atoms in total. The van der Waals surface area contributed by atoms with E-state index < -0.39 is 41.7 Å². The zero-order chi connectivity index (χ0) is 30.6. The number of rotatable bonds is 15. The number of ether oxygens (including phenoxy) is 1. The summed E-state index contributed by atoms with van der Waals surface area (Å²) in [5.74, 6) is -3.17. The van der Waals surface area contributed by atoms with E-state index in [9.17, 15) is 28.3 Å². The van der Waals surface area contributed by atoms with Crippen LogP contribution < -0.4 is 16.1 Å². The predicted octanol–water partition coefficient (Wildman–Crippen LogP) is 4.85. The van der Waals surface area contributed by atoms with Gasteiger partial charge in [-0.15, -0.1) is 0 Å². The van der Waals surface area contributed by atoms with Crippen LogP contribution in [0, 0.1) is 17.6 Å². The van der Waals surface area contributed by atoms with Gasteiger partial charge in [0.05, 0.1) is 6.04 Å². The van der Waals surface area contributed by atoms with E-state index in [1.165, 1.54) is 24.1 Å². The van der Waals surface area contributed by atoms with Crippen molar-refractivity contribution in [1.29, 1.82) is 0 Å². The molecule has 226 valence electrons. The Kier molecular flexibility index (Phi) is 12.1. The molecular formula is C30H37F2N5O5. The monoisotopic (exact) mass is 585 g/mol. The standard InChI is InChI=1S/C30H37F2N5O5/c1-19(2)28(29(39)40)33-14-7-6-12-24(37(20(3)38)35-17-23-11-8-13-25(31)27(23)32)18-42-30(41)36-26-15-21-9-4-5-10-22(21)16-34-26/h4-5,8-11,13,15-16,19,24,28,33,35H,6-7,12,14,17-18H2,1-3H3,(H,39,40)(H,34,36,41)/t24-,28-/m0/s1. The lowest BCUT2D eigenvalue weighted by atomic mass is 10.0. The van der Waals surface area contributed by atoms with Crippen LogP contribution in [-0.2, 0) is 20.9 Å². The Bertz CT molecular complexity index is 1370. The van der Waals surface area contributed by atoms with Crippen LogP contribution in [0.25, 0.3) is 10.8 Å². The first-order valence-electron chi connectivity index (χ1n) is 13.8. The van der Waals surface area contributed by atoms with E-state index in [4.69, 9.17) is 4.74 Å². The Labute approximate surface area is 243 Å². The van der Waals surface area contributed by atoms with Crippen LogP contribution in [0.4, 0.5) is 19.4 Å². The molecule has 3 rings (SSSR count). The van der Waals surface area contributed by atoms with Crippen molar-refractivity contribution in [3.63, 3.8) is 0 Å². The highest BCUT2D eigenvalue weighted by Gasteiger charge is 2.24. The maximum Gasteiger partial charge on any atom is 0.412 e. The van der Waals surface area contributed by atoms with Gasteiger partial charge in [0.15, 0.2) is 11.6 Å². The molecule has 0 aliphatic heterocycles. The third-order valence-corrected chi connectivity index (χ3v) is 6.70. The van der Waals surface area contributed by atoms with Gasteiger partial charge in [-0.1, -0.05) is 50.2 Å². The van der Waals surface area contributed by atoms with Crippen molar-refractivity contribution in [3.05, 3.63) is 71.9 Å². The van der Waals surface area contributed by atoms with Crippen LogP contribution in [0.3, 0.4) is 0 Å². The second-order valence-electron chi connectivity index (χ2n) is 10.2. The van der Waals surface area contributed by atoms with Crippen molar-refractivity contribution in [2.45, 2.75) is 58.7 Å². The number of hydrogen-bond acceptors (Lipinski definition) is 7. The Balaban J connectivity index is 1.65. The number of aliphatic carboxylic acids is 1. The lowest BCUT2D eigenvalue weighted by Gasteiger charge is -2.31. The minimum atomic E-state index is -1.02. The number of nitrogens with one attached hydrogen (secondary N) is 3. The zero-order valence-corrected chi connectivity index (χ0v) is 23.9. The number of amides is 2. The number of carboxylic acids is 1. The normalized spacial score (nSPS) is 12.6. The number of carboxylic acid groups (broad SMARTS) is 1. The number of pyridine rings is 1. The molecule has 0 unspecified atom stereocenters. The number of hydrazine groups is 1. The van der Waals surface area contributed by atoms with Crippen molar-refractivity contribution in [2.75, 3.05) is 18.5 Å². The number of anilines is 1. The Morgan fingerprint density at radius 3 is 2.48 bits per heavy atom. The van der Waals surface area contributed by atoms with E-state index in [2.05, 4.69) is 21.0 Å². The fourth-order valence-electron chi connectivity index (χ4n) is 4.47. The molecule has 0 saturated carbocycles. The molecule has 3 aromatic rings. The molecule has 0 aliphatic carbocycles. The molecule has 4 N–H and O–H groups in total. The van der Waals surface area contributed by atoms with Gasteiger partial charge in [0.25, 0.3) is 0 Å². The van der Waals surface area contributed by atoms with E-state index in [0.29, 0.717) is 31.6 Å². The lowest BCUT2D eigenvalue weighted by molar-refractivity contribution is -0.140. The maximum atomic E-state index is 14.2. The molecule has 0 fully saturated rings. The number of benzene rings is 2. The van der Waals surface area contributed by atoms with Gasteiger partial charge in [0, 0.05) is 30.6 Å². The summed E-state index contributed by atoms with van der Waals surface area (Å²) < 4.78 is 33.4. The van der Waals surface area contributed by atoms with Crippen molar-refractivity contribution in [2.24, 2.45) is 5.92 Å². The molecule has 0 aliphatic rings. The number of fused-ring (bicyclic) bond motifs is 1. The fraction of sp³-hybridized carbons (Fsp3) is 0.400. The predicted molar refractivity (Wildman–Crippen MR) is 154 cm³/mol. The molecule has 42 heavy (non-hydrogen) atoms. The topological polar surface area (TPSA) is 133 Å². The lowest BCUT2D eigenvalue weighted by Crippen LogP contribution is -2.50. The summed E-state index contributed by atoms with van der Waals surface area (Å²) in [7, 11) is 0. The van der Waals surface area contributed by atoms with Gasteiger partial charge < -0.3 is 15.2 Å². The summed E-state index contributed by atoms with van der Waals surface area (Å²) in [6, 6.07) is 11.7. The van der Waals surface area contributed by atoms with Crippen LogP contribution in [-0.4, -0.2) is 58.3 Å². The van der Waals surface area contributed by atoms with Crippen molar-refractivity contribution in [3.8, 4) is 0 Å². The first kappa shape index (κ1) is 32.4. The van der Waals surface area contributed by atoms with Crippen molar-refractivity contribution in [1.82, 2.24) is 20.7 Å². The molecule has 1 heterocycles. The quantitative estimate of drug-likeness (QED) is 0.147. The van der Waals surface area contributed by atoms with Crippen molar-refractivity contribution < 1.29 is 33.0 Å². The average Bonchev–Trinajstić information content (AvgIpc) is 2.94. The highest BCUT2D eigenvalue weighted by Crippen LogP contribution is 2.17. The summed E-state index contributed by atoms with van der Waals surface area (Å²) in [4.78, 5) is 40.9. The number of carbonyl (C=O) groups is 3. The zero-order valence-electron chi connectivity index (χ0n) is 23.9. The van der Waals surface area contributed by atoms with Gasteiger partial charge in [0.2, 0.25) is 5.91 Å². The molecule has 2 amide bonds. The van der Waals surface area contributed by atoms with E-state index in [-0.39, 0.29) is 24.6 Å². The second-order valence-corrected chi connectivity index (χ2v) is 10.2. The van der Waals surface area contributed by atoms with E-state index in [1.807, 2.05) is 38.1 Å². The number of aromatic nitrogens is 1. The molecular weight excluding hydrogens is 548 g/mol. The summed E-state index contributed by atoms with van der Waals surface area (Å²) >= 11 is 0. The summed E-state index contributed by atoms with van der Waals surface area (Å²) in [5.41, 5.74) is 2.87. The van der Waals surface area contributed by atoms with Crippen LogP contribution in [0.15, 0.2) is 54.7 Å². The third kappa shape index (κ3) is 9.45.